The Bertz CT molecular complexity index is 458. The van der Waals surface area contributed by atoms with Gasteiger partial charge in [0.2, 0.25) is 0 Å². The Balaban J connectivity index is 2.72. The number of carbonyl (C=O) groups excluding carboxylic acids is 2. The molecular weight excluding hydrogens is 234 g/mol. The highest BCUT2D eigenvalue weighted by Gasteiger charge is 2.11. The molecule has 0 aliphatic carbocycles. The zero-order chi connectivity index (χ0) is 13.7. The molecule has 1 aromatic rings. The van der Waals surface area contributed by atoms with Crippen LogP contribution in [0.5, 0.6) is 5.75 Å². The summed E-state index contributed by atoms with van der Waals surface area (Å²) in [6, 6.07) is 4.38. The van der Waals surface area contributed by atoms with E-state index in [0.717, 1.165) is 11.1 Å². The number of imide groups is 1. The van der Waals surface area contributed by atoms with Crippen LogP contribution >= 0.6 is 0 Å². The fourth-order valence-corrected chi connectivity index (χ4v) is 1.47. The minimum Gasteiger partial charge on any atom is -0.483 e. The molecule has 1 atom stereocenters. The number of primary amides is 1. The highest BCUT2D eigenvalue weighted by molar-refractivity contribution is 5.94. The van der Waals surface area contributed by atoms with E-state index in [-0.39, 0.29) is 12.6 Å². The number of aryl methyl sites for hydroxylation is 1. The second-order valence-corrected chi connectivity index (χ2v) is 4.03. The molecular formula is C12H17N3O3. The molecule has 0 bridgehead atoms. The summed E-state index contributed by atoms with van der Waals surface area (Å²) in [5.41, 5.74) is 12.5. The molecule has 6 nitrogen and oxygen atoms in total. The highest BCUT2D eigenvalue weighted by atomic mass is 16.5. The van der Waals surface area contributed by atoms with Crippen molar-refractivity contribution in [1.29, 1.82) is 0 Å². The molecule has 98 valence electrons. The van der Waals surface area contributed by atoms with Gasteiger partial charge in [0.25, 0.3) is 5.91 Å². The van der Waals surface area contributed by atoms with Gasteiger partial charge in [-0.15, -0.1) is 0 Å². The number of benzene rings is 1. The van der Waals surface area contributed by atoms with Gasteiger partial charge in [-0.1, -0.05) is 17.7 Å². The number of ether oxygens (including phenoxy) is 1. The van der Waals surface area contributed by atoms with Gasteiger partial charge in [-0.3, -0.25) is 10.1 Å². The minimum absolute atomic E-state index is 0.209. The zero-order valence-electron chi connectivity index (χ0n) is 10.4. The topological polar surface area (TPSA) is 107 Å². The fourth-order valence-electron chi connectivity index (χ4n) is 1.47. The quantitative estimate of drug-likeness (QED) is 0.727. The van der Waals surface area contributed by atoms with E-state index in [1.54, 1.807) is 6.07 Å². The number of hydrogen-bond acceptors (Lipinski definition) is 4. The van der Waals surface area contributed by atoms with Crippen LogP contribution in [0.1, 0.15) is 24.1 Å². The van der Waals surface area contributed by atoms with E-state index in [1.165, 1.54) is 0 Å². The van der Waals surface area contributed by atoms with Crippen LogP contribution in [0.25, 0.3) is 0 Å². The van der Waals surface area contributed by atoms with E-state index in [9.17, 15) is 9.59 Å². The van der Waals surface area contributed by atoms with Crippen LogP contribution in [0, 0.1) is 6.92 Å². The molecule has 0 aliphatic rings. The van der Waals surface area contributed by atoms with Gasteiger partial charge in [-0.2, -0.15) is 0 Å². The van der Waals surface area contributed by atoms with Crippen molar-refractivity contribution in [1.82, 2.24) is 5.32 Å². The van der Waals surface area contributed by atoms with Crippen LogP contribution in [-0.2, 0) is 4.79 Å². The molecule has 0 aromatic heterocycles. The lowest BCUT2D eigenvalue weighted by Crippen LogP contribution is -2.38. The van der Waals surface area contributed by atoms with Crippen molar-refractivity contribution in [3.8, 4) is 5.75 Å². The van der Waals surface area contributed by atoms with Crippen LogP contribution < -0.4 is 21.5 Å². The van der Waals surface area contributed by atoms with E-state index in [0.29, 0.717) is 5.75 Å². The fraction of sp³-hybridized carbons (Fsp3) is 0.333. The van der Waals surface area contributed by atoms with E-state index in [1.807, 2.05) is 31.3 Å². The largest absolute Gasteiger partial charge is 0.483 e. The van der Waals surface area contributed by atoms with Crippen molar-refractivity contribution in [2.24, 2.45) is 11.5 Å². The number of carbonyl (C=O) groups is 2. The van der Waals surface area contributed by atoms with Gasteiger partial charge in [-0.25, -0.2) is 4.79 Å². The molecule has 0 saturated heterocycles. The van der Waals surface area contributed by atoms with Crippen LogP contribution in [0.15, 0.2) is 18.2 Å². The van der Waals surface area contributed by atoms with Crippen LogP contribution in [0.3, 0.4) is 0 Å². The molecule has 0 spiro atoms. The number of nitrogens with one attached hydrogen (secondary N) is 1. The number of nitrogens with two attached hydrogens (primary N) is 2. The average Bonchev–Trinajstić information content (AvgIpc) is 2.26. The van der Waals surface area contributed by atoms with Gasteiger partial charge in [0, 0.05) is 11.6 Å². The lowest BCUT2D eigenvalue weighted by molar-refractivity contribution is -0.121. The van der Waals surface area contributed by atoms with Crippen molar-refractivity contribution in [3.05, 3.63) is 29.3 Å². The first-order chi connectivity index (χ1) is 8.40. The normalized spacial score (nSPS) is 11.7. The summed E-state index contributed by atoms with van der Waals surface area (Å²) in [5.74, 6) is -0.0751. The summed E-state index contributed by atoms with van der Waals surface area (Å²) in [6.07, 6.45) is 0. The minimum atomic E-state index is -0.903. The summed E-state index contributed by atoms with van der Waals surface area (Å²) in [7, 11) is 0. The third kappa shape index (κ3) is 4.06. The maximum atomic E-state index is 11.2. The van der Waals surface area contributed by atoms with Crippen molar-refractivity contribution in [3.63, 3.8) is 0 Å². The first-order valence-electron chi connectivity index (χ1n) is 5.48. The van der Waals surface area contributed by atoms with Crippen molar-refractivity contribution >= 4 is 11.9 Å². The number of amides is 3. The third-order valence-electron chi connectivity index (χ3n) is 2.28. The Labute approximate surface area is 105 Å². The molecule has 0 aliphatic heterocycles. The monoisotopic (exact) mass is 251 g/mol. The average molecular weight is 251 g/mol. The molecule has 0 fully saturated rings. The maximum Gasteiger partial charge on any atom is 0.318 e. The van der Waals surface area contributed by atoms with Crippen LogP contribution in [0.2, 0.25) is 0 Å². The second-order valence-electron chi connectivity index (χ2n) is 4.03. The van der Waals surface area contributed by atoms with Crippen molar-refractivity contribution < 1.29 is 14.3 Å². The highest BCUT2D eigenvalue weighted by Crippen LogP contribution is 2.24. The van der Waals surface area contributed by atoms with Gasteiger partial charge in [0.15, 0.2) is 6.61 Å². The maximum absolute atomic E-state index is 11.2. The molecule has 0 radical (unpaired) electrons. The standard InChI is InChI=1S/C12H17N3O3/c1-7-3-4-10(9(5-7)8(2)13)18-6-11(16)15-12(14)17/h3-5,8H,6,13H2,1-2H3,(H3,14,15,16,17)/t8-/m0/s1. The predicted octanol–water partition coefficient (Wildman–Crippen LogP) is 0.588. The zero-order valence-corrected chi connectivity index (χ0v) is 10.4. The van der Waals surface area contributed by atoms with Gasteiger partial charge >= 0.3 is 6.03 Å². The molecule has 3 amide bonds. The SMILES string of the molecule is Cc1ccc(OCC(=O)NC(N)=O)c([C@H](C)N)c1. The number of hydrogen-bond donors (Lipinski definition) is 3. The van der Waals surface area contributed by atoms with E-state index >= 15 is 0 Å². The smallest absolute Gasteiger partial charge is 0.318 e. The van der Waals surface area contributed by atoms with Crippen molar-refractivity contribution in [2.75, 3.05) is 6.61 Å². The number of urea groups is 1. The number of rotatable bonds is 4. The molecule has 0 heterocycles. The lowest BCUT2D eigenvalue weighted by atomic mass is 10.1. The predicted molar refractivity (Wildman–Crippen MR) is 67.0 cm³/mol. The molecule has 0 saturated carbocycles. The summed E-state index contributed by atoms with van der Waals surface area (Å²) < 4.78 is 5.32. The summed E-state index contributed by atoms with van der Waals surface area (Å²) in [5, 5.41) is 1.92. The summed E-state index contributed by atoms with van der Waals surface area (Å²) in [6.45, 7) is 3.48. The van der Waals surface area contributed by atoms with Crippen molar-refractivity contribution in [2.45, 2.75) is 19.9 Å². The summed E-state index contributed by atoms with van der Waals surface area (Å²) in [4.78, 5) is 21.7. The van der Waals surface area contributed by atoms with Gasteiger partial charge in [0.05, 0.1) is 0 Å². The molecule has 18 heavy (non-hydrogen) atoms. The molecule has 1 aromatic carbocycles. The Morgan fingerprint density at radius 3 is 2.67 bits per heavy atom. The molecule has 0 unspecified atom stereocenters. The van der Waals surface area contributed by atoms with Crippen LogP contribution in [0.4, 0.5) is 4.79 Å². The second kappa shape index (κ2) is 6.02. The molecule has 1 rings (SSSR count). The Morgan fingerprint density at radius 2 is 2.11 bits per heavy atom. The summed E-state index contributed by atoms with van der Waals surface area (Å²) >= 11 is 0. The van der Waals surface area contributed by atoms with Gasteiger partial charge in [-0.05, 0) is 19.9 Å². The van der Waals surface area contributed by atoms with E-state index in [4.69, 9.17) is 16.2 Å². The Kier molecular flexibility index (Phi) is 4.67. The first kappa shape index (κ1) is 14.0. The van der Waals surface area contributed by atoms with Crippen LogP contribution in [-0.4, -0.2) is 18.5 Å². The Morgan fingerprint density at radius 1 is 1.44 bits per heavy atom. The Hall–Kier alpha value is -2.08. The van der Waals surface area contributed by atoms with Gasteiger partial charge in [0.1, 0.15) is 5.75 Å². The third-order valence-corrected chi connectivity index (χ3v) is 2.28. The lowest BCUT2D eigenvalue weighted by Gasteiger charge is -2.14. The molecule has 6 heteroatoms. The first-order valence-corrected chi connectivity index (χ1v) is 5.48. The van der Waals surface area contributed by atoms with E-state index in [2.05, 4.69) is 0 Å². The van der Waals surface area contributed by atoms with Gasteiger partial charge < -0.3 is 16.2 Å². The molecule has 5 N–H and O–H groups in total. The van der Waals surface area contributed by atoms with E-state index < -0.39 is 11.9 Å².